The first-order chi connectivity index (χ1) is 18.4. The fourth-order valence-corrected chi connectivity index (χ4v) is 6.08. The van der Waals surface area contributed by atoms with Gasteiger partial charge in [0.05, 0.1) is 29.9 Å². The zero-order valence-electron chi connectivity index (χ0n) is 23.0. The standard InChI is InChI=1S/C31H42N4O3/c1-30(2)9-7-24(8-10-30)26-20-25(5-6-27(26)34-29(36)28-19-23(21-32)22-33-28)31(11-16-37-17-12-31)38-18-15-35-13-3-4-14-35/h5-7,19-20,23,33H,3-4,8-18,22H2,1-2H3,(H,34,36). The van der Waals surface area contributed by atoms with Crippen molar-refractivity contribution < 1.29 is 14.3 Å². The summed E-state index contributed by atoms with van der Waals surface area (Å²) in [5, 5.41) is 15.4. The highest BCUT2D eigenvalue weighted by molar-refractivity contribution is 6.05. The van der Waals surface area contributed by atoms with Crippen molar-refractivity contribution in [1.29, 1.82) is 5.26 Å². The van der Waals surface area contributed by atoms with Gasteiger partial charge in [-0.15, -0.1) is 0 Å². The lowest BCUT2D eigenvalue weighted by Gasteiger charge is -2.39. The van der Waals surface area contributed by atoms with Crippen molar-refractivity contribution in [2.75, 3.05) is 51.3 Å². The molecule has 1 aliphatic carbocycles. The maximum Gasteiger partial charge on any atom is 0.271 e. The van der Waals surface area contributed by atoms with E-state index in [4.69, 9.17) is 9.47 Å². The predicted molar refractivity (Wildman–Crippen MR) is 149 cm³/mol. The number of nitriles is 1. The maximum atomic E-state index is 13.1. The van der Waals surface area contributed by atoms with E-state index in [1.807, 2.05) is 6.07 Å². The van der Waals surface area contributed by atoms with Crippen LogP contribution in [0.15, 0.2) is 36.0 Å². The van der Waals surface area contributed by atoms with Crippen LogP contribution >= 0.6 is 0 Å². The Kier molecular flexibility index (Phi) is 8.23. The van der Waals surface area contributed by atoms with Crippen LogP contribution < -0.4 is 10.6 Å². The zero-order valence-corrected chi connectivity index (χ0v) is 23.0. The number of ether oxygens (including phenoxy) is 2. The van der Waals surface area contributed by atoms with Crippen LogP contribution in [0.1, 0.15) is 69.9 Å². The molecule has 2 saturated heterocycles. The predicted octanol–water partition coefficient (Wildman–Crippen LogP) is 4.96. The van der Waals surface area contributed by atoms with E-state index in [9.17, 15) is 10.1 Å². The number of hydrogen-bond acceptors (Lipinski definition) is 6. The van der Waals surface area contributed by atoms with Gasteiger partial charge in [-0.3, -0.25) is 4.79 Å². The molecule has 4 aliphatic rings. The summed E-state index contributed by atoms with van der Waals surface area (Å²) in [5.74, 6) is -0.469. The smallest absolute Gasteiger partial charge is 0.271 e. The Labute approximate surface area is 227 Å². The van der Waals surface area contributed by atoms with Gasteiger partial charge < -0.3 is 25.0 Å². The van der Waals surface area contributed by atoms with Gasteiger partial charge in [0.2, 0.25) is 0 Å². The maximum absolute atomic E-state index is 13.1. The fourth-order valence-electron chi connectivity index (χ4n) is 6.08. The van der Waals surface area contributed by atoms with Crippen LogP contribution in [0.25, 0.3) is 5.57 Å². The van der Waals surface area contributed by atoms with Crippen molar-refractivity contribution in [3.8, 4) is 6.07 Å². The van der Waals surface area contributed by atoms with E-state index >= 15 is 0 Å². The van der Waals surface area contributed by atoms with Crippen molar-refractivity contribution >= 4 is 17.2 Å². The average Bonchev–Trinajstić information content (AvgIpc) is 3.62. The zero-order chi connectivity index (χ0) is 26.6. The molecule has 2 fully saturated rings. The highest BCUT2D eigenvalue weighted by Gasteiger charge is 2.37. The van der Waals surface area contributed by atoms with E-state index < -0.39 is 0 Å². The van der Waals surface area contributed by atoms with Crippen molar-refractivity contribution in [1.82, 2.24) is 10.2 Å². The first-order valence-corrected chi connectivity index (χ1v) is 14.3. The average molecular weight is 519 g/mol. The van der Waals surface area contributed by atoms with E-state index in [0.29, 0.717) is 32.1 Å². The van der Waals surface area contributed by atoms with Crippen LogP contribution in [-0.2, 0) is 19.9 Å². The second-order valence-corrected chi connectivity index (χ2v) is 12.0. The molecule has 1 amide bonds. The fraction of sp³-hybridized carbons (Fsp3) is 0.613. The molecule has 7 nitrogen and oxygen atoms in total. The molecule has 7 heteroatoms. The van der Waals surface area contributed by atoms with Crippen LogP contribution in [0.3, 0.4) is 0 Å². The van der Waals surface area contributed by atoms with E-state index in [-0.39, 0.29) is 22.8 Å². The lowest BCUT2D eigenvalue weighted by atomic mass is 9.76. The molecule has 0 radical (unpaired) electrons. The molecule has 3 aliphatic heterocycles. The molecule has 0 spiro atoms. The number of carbonyl (C=O) groups is 1. The Bertz CT molecular complexity index is 1120. The highest BCUT2D eigenvalue weighted by atomic mass is 16.5. The number of likely N-dealkylation sites (tertiary alicyclic amines) is 1. The van der Waals surface area contributed by atoms with Crippen LogP contribution in [0.2, 0.25) is 0 Å². The van der Waals surface area contributed by atoms with Crippen LogP contribution in [0, 0.1) is 22.7 Å². The summed E-state index contributed by atoms with van der Waals surface area (Å²) in [5.41, 5.74) is 4.72. The number of rotatable bonds is 8. The van der Waals surface area contributed by atoms with Gasteiger partial charge in [0.1, 0.15) is 0 Å². The number of allylic oxidation sites excluding steroid dienone is 2. The van der Waals surface area contributed by atoms with Crippen molar-refractivity contribution in [2.24, 2.45) is 11.3 Å². The first kappa shape index (κ1) is 26.9. The summed E-state index contributed by atoms with van der Waals surface area (Å²) in [6, 6.07) is 8.64. The number of nitrogens with zero attached hydrogens (tertiary/aromatic N) is 2. The third-order valence-electron chi connectivity index (χ3n) is 8.69. The first-order valence-electron chi connectivity index (χ1n) is 14.3. The second-order valence-electron chi connectivity index (χ2n) is 12.0. The van der Waals surface area contributed by atoms with Crippen LogP contribution in [0.4, 0.5) is 5.69 Å². The van der Waals surface area contributed by atoms with E-state index in [0.717, 1.165) is 49.9 Å². The minimum absolute atomic E-state index is 0.198. The normalized spacial score (nSPS) is 24.7. The molecule has 5 rings (SSSR count). The monoisotopic (exact) mass is 518 g/mol. The number of amides is 1. The molecule has 0 saturated carbocycles. The lowest BCUT2D eigenvalue weighted by Crippen LogP contribution is -2.39. The van der Waals surface area contributed by atoms with Gasteiger partial charge in [0.15, 0.2) is 0 Å². The highest BCUT2D eigenvalue weighted by Crippen LogP contribution is 2.43. The molecule has 1 atom stereocenters. The second kappa shape index (κ2) is 11.6. The van der Waals surface area contributed by atoms with Crippen molar-refractivity contribution in [3.63, 3.8) is 0 Å². The summed E-state index contributed by atoms with van der Waals surface area (Å²) in [6.45, 7) is 10.5. The molecule has 0 aromatic heterocycles. The number of carbonyl (C=O) groups excluding carboxylic acids is 1. The van der Waals surface area contributed by atoms with Crippen molar-refractivity contribution in [3.05, 3.63) is 47.2 Å². The summed E-state index contributed by atoms with van der Waals surface area (Å²) in [6.07, 6.45) is 11.4. The van der Waals surface area contributed by atoms with E-state index in [1.54, 1.807) is 6.08 Å². The molecule has 1 unspecified atom stereocenters. The Hall–Kier alpha value is -2.66. The third kappa shape index (κ3) is 6.14. The number of benzene rings is 1. The number of hydrogen-bond donors (Lipinski definition) is 2. The molecule has 1 aromatic rings. The summed E-state index contributed by atoms with van der Waals surface area (Å²) in [7, 11) is 0. The van der Waals surface area contributed by atoms with Gasteiger partial charge in [-0.2, -0.15) is 5.26 Å². The van der Waals surface area contributed by atoms with Gasteiger partial charge in [0.25, 0.3) is 5.91 Å². The molecule has 3 heterocycles. The minimum atomic E-state index is -0.376. The van der Waals surface area contributed by atoms with Crippen LogP contribution in [-0.4, -0.2) is 56.8 Å². The largest absolute Gasteiger partial charge is 0.381 e. The Balaban J connectivity index is 1.43. The molecule has 204 valence electrons. The van der Waals surface area contributed by atoms with Gasteiger partial charge in [-0.1, -0.05) is 26.0 Å². The molecular weight excluding hydrogens is 476 g/mol. The minimum Gasteiger partial charge on any atom is -0.381 e. The number of nitrogens with one attached hydrogen (secondary N) is 2. The SMILES string of the molecule is CC1(C)CC=C(c2cc(C3(OCCN4CCCC4)CCOCC3)ccc2NC(=O)C2=CC(C#N)CN2)CC1. The lowest BCUT2D eigenvalue weighted by molar-refractivity contribution is -0.119. The number of anilines is 1. The topological polar surface area (TPSA) is 86.6 Å². The Morgan fingerprint density at radius 2 is 2.03 bits per heavy atom. The molecule has 38 heavy (non-hydrogen) atoms. The summed E-state index contributed by atoms with van der Waals surface area (Å²) < 4.78 is 12.5. The van der Waals surface area contributed by atoms with Gasteiger partial charge in [-0.05, 0) is 80.0 Å². The quantitative estimate of drug-likeness (QED) is 0.506. The van der Waals surface area contributed by atoms with E-state index in [2.05, 4.69) is 53.7 Å². The van der Waals surface area contributed by atoms with Crippen molar-refractivity contribution in [2.45, 2.75) is 64.4 Å². The van der Waals surface area contributed by atoms with Gasteiger partial charge in [0, 0.05) is 50.4 Å². The van der Waals surface area contributed by atoms with Gasteiger partial charge >= 0.3 is 0 Å². The Morgan fingerprint density at radius 1 is 1.24 bits per heavy atom. The van der Waals surface area contributed by atoms with E-state index in [1.165, 1.54) is 37.1 Å². The van der Waals surface area contributed by atoms with Crippen LogP contribution in [0.5, 0.6) is 0 Å². The van der Waals surface area contributed by atoms with Gasteiger partial charge in [-0.25, -0.2) is 0 Å². The molecule has 1 aromatic carbocycles. The summed E-state index contributed by atoms with van der Waals surface area (Å²) >= 11 is 0. The summed E-state index contributed by atoms with van der Waals surface area (Å²) in [4.78, 5) is 15.6. The third-order valence-corrected chi connectivity index (χ3v) is 8.69. The molecular formula is C31H42N4O3. The molecule has 0 bridgehead atoms. The Morgan fingerprint density at radius 3 is 2.71 bits per heavy atom. The molecule has 2 N–H and O–H groups in total.